The fourth-order valence-electron chi connectivity index (χ4n) is 5.26. The highest BCUT2D eigenvalue weighted by Crippen LogP contribution is 2.46. The molecule has 5 rings (SSSR count). The van der Waals surface area contributed by atoms with Crippen LogP contribution in [0.4, 0.5) is 28.4 Å². The van der Waals surface area contributed by atoms with Crippen molar-refractivity contribution in [1.82, 2.24) is 0 Å². The van der Waals surface area contributed by atoms with E-state index in [9.17, 15) is 84.0 Å². The van der Waals surface area contributed by atoms with Gasteiger partial charge in [-0.3, -0.25) is 22.8 Å². The lowest BCUT2D eigenvalue weighted by molar-refractivity contribution is 0.284. The van der Waals surface area contributed by atoms with Crippen LogP contribution in [0.3, 0.4) is 0 Å². The van der Waals surface area contributed by atoms with Crippen LogP contribution in [0.5, 0.6) is 17.2 Å². The number of azo groups is 2. The summed E-state index contributed by atoms with van der Waals surface area (Å²) in [6.45, 7) is -1.20. The molecule has 10 N–H and O–H groups in total. The highest BCUT2D eigenvalue weighted by Gasteiger charge is 2.29. The molecule has 32 heteroatoms. The monoisotopic (exact) mass is 957 g/mol. The van der Waals surface area contributed by atoms with Gasteiger partial charge < -0.3 is 21.1 Å². The Labute approximate surface area is 336 Å². The third-order valence-electron chi connectivity index (χ3n) is 7.87. The Balaban J connectivity index is 1.61. The summed E-state index contributed by atoms with van der Waals surface area (Å²) in [4.78, 5) is -6.02. The summed E-state index contributed by atoms with van der Waals surface area (Å²) in [5.41, 5.74) is 2.06. The number of nitrogens with two attached hydrogens (primary N) is 1. The summed E-state index contributed by atoms with van der Waals surface area (Å²) >= 11 is 0. The van der Waals surface area contributed by atoms with Crippen LogP contribution < -0.4 is 5.73 Å². The van der Waals surface area contributed by atoms with Crippen molar-refractivity contribution >= 4 is 111 Å². The lowest BCUT2D eigenvalue weighted by Crippen LogP contribution is -2.16. The molecule has 0 heterocycles. The quantitative estimate of drug-likeness (QED) is 0.0465. The number of hydrogen-bond acceptors (Lipinski definition) is 21. The first-order valence-corrected chi connectivity index (χ1v) is 23.9. The van der Waals surface area contributed by atoms with Gasteiger partial charge in [-0.25, -0.2) is 12.6 Å². The molecule has 0 amide bonds. The molecule has 5 aromatic rings. The molecule has 0 fully saturated rings. The Bertz CT molecular complexity index is 3430. The first kappa shape index (κ1) is 45.6. The summed E-state index contributed by atoms with van der Waals surface area (Å²) < 4.78 is 195. The fourth-order valence-corrected chi connectivity index (χ4v) is 9.58. The van der Waals surface area contributed by atoms with Gasteiger partial charge in [0.25, 0.3) is 40.5 Å². The van der Waals surface area contributed by atoms with Crippen molar-refractivity contribution in [3.8, 4) is 17.2 Å². The Kier molecular flexibility index (Phi) is 11.8. The Hall–Kier alpha value is -5.52. The molecule has 0 bridgehead atoms. The lowest BCUT2D eigenvalue weighted by Gasteiger charge is -2.13. The van der Waals surface area contributed by atoms with Crippen molar-refractivity contribution in [2.75, 3.05) is 18.1 Å². The van der Waals surface area contributed by atoms with Gasteiger partial charge in [0.1, 0.15) is 36.6 Å². The van der Waals surface area contributed by atoms with Crippen molar-refractivity contribution in [3.05, 3.63) is 54.6 Å². The van der Waals surface area contributed by atoms with Crippen LogP contribution in [0.1, 0.15) is 0 Å². The molecule has 0 saturated carbocycles. The Morgan fingerprint density at radius 1 is 0.533 bits per heavy atom. The molecule has 5 aromatic carbocycles. The summed E-state index contributed by atoms with van der Waals surface area (Å²) in [7, 11) is -31.1. The van der Waals surface area contributed by atoms with E-state index < -0.39 is 148 Å². The van der Waals surface area contributed by atoms with Crippen molar-refractivity contribution in [2.24, 2.45) is 20.5 Å². The lowest BCUT2D eigenvalue weighted by atomic mass is 10.1. The zero-order valence-electron chi connectivity index (χ0n) is 28.8. The highest BCUT2D eigenvalue weighted by molar-refractivity contribution is 7.91. The summed E-state index contributed by atoms with van der Waals surface area (Å²) in [6.07, 6.45) is 0. The summed E-state index contributed by atoms with van der Waals surface area (Å²) in [5, 5.41) is 45.3. The third-order valence-corrected chi connectivity index (χ3v) is 13.5. The van der Waals surface area contributed by atoms with Crippen LogP contribution in [0.15, 0.2) is 99.5 Å². The number of nitrogens with zero attached hydrogens (tertiary/aromatic N) is 4. The van der Waals surface area contributed by atoms with E-state index in [4.69, 9.17) is 10.3 Å². The van der Waals surface area contributed by atoms with Crippen LogP contribution in [0, 0.1) is 0 Å². The standard InChI is InChI=1S/C28H23N5O21S6/c29-24-20(57(42,43)44)11-19(56(39,40)41)16-3-4-17(28(36)23(16)24)31-30-13-1-2-15-12(7-13)8-21(58(45,46)47)25(26(15)34)33-32-18-9-14(10-22(27(18)35)59(48,49)50)55(37,38)6-5-54-60(51,52)53/h1-4,7-11,34-36H,5-6,29H2,(H,39,40,41)(H,42,43,44)(H,45,46,47)(H,48,49,50)(H,51,52,53). The van der Waals surface area contributed by atoms with Gasteiger partial charge in [-0.2, -0.15) is 47.2 Å². The first-order chi connectivity index (χ1) is 27.3. The van der Waals surface area contributed by atoms with Crippen molar-refractivity contribution in [3.63, 3.8) is 0 Å². The maximum Gasteiger partial charge on any atom is 0.397 e. The van der Waals surface area contributed by atoms with E-state index in [1.165, 1.54) is 0 Å². The Morgan fingerprint density at radius 3 is 1.67 bits per heavy atom. The molecule has 0 spiro atoms. The molecule has 26 nitrogen and oxygen atoms in total. The van der Waals surface area contributed by atoms with Crippen LogP contribution in [-0.4, -0.2) is 101 Å². The number of benzene rings is 5. The largest absolute Gasteiger partial charge is 0.505 e. The third kappa shape index (κ3) is 9.58. The molecular weight excluding hydrogens is 935 g/mol. The average Bonchev–Trinajstić information content (AvgIpc) is 3.08. The minimum atomic E-state index is -5.46. The average molecular weight is 958 g/mol. The van der Waals surface area contributed by atoms with Crippen molar-refractivity contribution in [1.29, 1.82) is 0 Å². The topological polar surface area (TPSA) is 451 Å². The molecule has 0 radical (unpaired) electrons. The molecule has 0 saturated heterocycles. The molecule has 0 atom stereocenters. The van der Waals surface area contributed by atoms with Crippen molar-refractivity contribution in [2.45, 2.75) is 24.5 Å². The van der Waals surface area contributed by atoms with E-state index in [-0.39, 0.29) is 22.5 Å². The smallest absolute Gasteiger partial charge is 0.397 e. The van der Waals surface area contributed by atoms with Gasteiger partial charge in [0.15, 0.2) is 27.1 Å². The number of aromatic hydroxyl groups is 3. The second-order valence-electron chi connectivity index (χ2n) is 11.8. The van der Waals surface area contributed by atoms with Gasteiger partial charge in [0.05, 0.1) is 34.0 Å². The number of sulfone groups is 1. The molecule has 60 heavy (non-hydrogen) atoms. The van der Waals surface area contributed by atoms with Gasteiger partial charge in [0.2, 0.25) is 0 Å². The normalized spacial score (nSPS) is 13.6. The predicted molar refractivity (Wildman–Crippen MR) is 201 cm³/mol. The van der Waals surface area contributed by atoms with Gasteiger partial charge >= 0.3 is 10.4 Å². The predicted octanol–water partition coefficient (Wildman–Crippen LogP) is 3.10. The molecule has 0 unspecified atom stereocenters. The van der Waals surface area contributed by atoms with E-state index in [0.29, 0.717) is 18.2 Å². The number of anilines is 1. The van der Waals surface area contributed by atoms with Gasteiger partial charge in [-0.05, 0) is 53.9 Å². The second-order valence-corrected chi connectivity index (χ2v) is 20.5. The minimum absolute atomic E-state index is 0.196. The fraction of sp³-hybridized carbons (Fsp3) is 0.0714. The molecule has 322 valence electrons. The summed E-state index contributed by atoms with van der Waals surface area (Å²) in [6, 6.07) is 6.84. The number of phenolic OH excluding ortho intramolecular Hbond substituents is 3. The van der Waals surface area contributed by atoms with Crippen LogP contribution in [0.25, 0.3) is 21.5 Å². The second kappa shape index (κ2) is 15.5. The van der Waals surface area contributed by atoms with E-state index >= 15 is 0 Å². The molecule has 0 aliphatic carbocycles. The number of rotatable bonds is 13. The number of nitrogen functional groups attached to an aromatic ring is 1. The van der Waals surface area contributed by atoms with Gasteiger partial charge in [-0.15, -0.1) is 15.3 Å². The number of phenols is 3. The van der Waals surface area contributed by atoms with E-state index in [1.807, 2.05) is 0 Å². The van der Waals surface area contributed by atoms with E-state index in [1.54, 1.807) is 0 Å². The number of hydrogen-bond donors (Lipinski definition) is 9. The zero-order chi connectivity index (χ0) is 45.1. The van der Waals surface area contributed by atoms with Gasteiger partial charge in [-0.1, -0.05) is 6.07 Å². The molecular formula is C28H23N5O21S6. The van der Waals surface area contributed by atoms with E-state index in [0.717, 1.165) is 30.3 Å². The Morgan fingerprint density at radius 2 is 1.10 bits per heavy atom. The van der Waals surface area contributed by atoms with Crippen LogP contribution in [-0.2, 0) is 64.9 Å². The van der Waals surface area contributed by atoms with Crippen molar-refractivity contribution < 1.29 is 92.8 Å². The first-order valence-electron chi connectivity index (χ1n) is 15.1. The highest BCUT2D eigenvalue weighted by atomic mass is 32.3. The maximum absolute atomic E-state index is 12.8. The molecule has 0 aliphatic heterocycles. The van der Waals surface area contributed by atoms with Gasteiger partial charge in [0, 0.05) is 10.8 Å². The minimum Gasteiger partial charge on any atom is -0.505 e. The molecule has 0 aliphatic rings. The maximum atomic E-state index is 12.8. The zero-order valence-corrected chi connectivity index (χ0v) is 33.7. The number of fused-ring (bicyclic) bond motifs is 2. The SMILES string of the molecule is Nc1c(S(=O)(=O)O)cc(S(=O)(=O)O)c2ccc(N=Nc3ccc4c(O)c(N=Nc5cc(S(=O)(=O)CCOS(=O)(=O)O)cc(S(=O)(=O)O)c5O)c(S(=O)(=O)O)cc4c3)c(O)c12. The van der Waals surface area contributed by atoms with Crippen LogP contribution in [0.2, 0.25) is 0 Å². The van der Waals surface area contributed by atoms with E-state index in [2.05, 4.69) is 24.6 Å². The molecule has 0 aromatic heterocycles. The van der Waals surface area contributed by atoms with Crippen LogP contribution >= 0.6 is 0 Å². The summed E-state index contributed by atoms with van der Waals surface area (Å²) in [5.74, 6) is -4.77.